The molecule has 2 aromatic heterocycles. The van der Waals surface area contributed by atoms with Gasteiger partial charge in [-0.1, -0.05) is 5.92 Å². The van der Waals surface area contributed by atoms with Crippen LogP contribution in [0, 0.1) is 17.8 Å². The average Bonchev–Trinajstić information content (AvgIpc) is 3.12. The third-order valence-electron chi connectivity index (χ3n) is 6.26. The van der Waals surface area contributed by atoms with Gasteiger partial charge in [-0.2, -0.15) is 5.10 Å². The third-order valence-corrected chi connectivity index (χ3v) is 6.26. The molecular formula is C25H23BN4O. The van der Waals surface area contributed by atoms with Crippen LogP contribution in [0.5, 0.6) is 5.75 Å². The van der Waals surface area contributed by atoms with Gasteiger partial charge in [0.2, 0.25) is 0 Å². The van der Waals surface area contributed by atoms with Crippen LogP contribution in [0.15, 0.2) is 66.7 Å². The van der Waals surface area contributed by atoms with Crippen molar-refractivity contribution in [3.05, 3.63) is 66.7 Å². The largest absolute Gasteiger partial charge is 0.458 e. The Morgan fingerprint density at radius 3 is 2.71 bits per heavy atom. The summed E-state index contributed by atoms with van der Waals surface area (Å²) >= 11 is 0. The molecule has 2 radical (unpaired) electrons. The Morgan fingerprint density at radius 1 is 1.26 bits per heavy atom. The molecule has 1 spiro atoms. The number of terminal acetylenes is 1. The van der Waals surface area contributed by atoms with Gasteiger partial charge in [-0.05, 0) is 86.8 Å². The molecule has 3 aromatic rings. The number of nitrogens with zero attached hydrogens (tertiary/aromatic N) is 4. The highest BCUT2D eigenvalue weighted by atomic mass is 16.5. The van der Waals surface area contributed by atoms with Gasteiger partial charge in [0.25, 0.3) is 0 Å². The Labute approximate surface area is 183 Å². The van der Waals surface area contributed by atoms with E-state index in [0.29, 0.717) is 17.2 Å². The van der Waals surface area contributed by atoms with Gasteiger partial charge in [0.15, 0.2) is 7.98 Å². The summed E-state index contributed by atoms with van der Waals surface area (Å²) in [4.78, 5) is 6.25. The second-order valence-electron chi connectivity index (χ2n) is 8.47. The fraction of sp³-hybridized carbons (Fsp3) is 0.280. The third kappa shape index (κ3) is 3.56. The quantitative estimate of drug-likeness (QED) is 0.274. The number of hydrogen-bond acceptors (Lipinski definition) is 4. The summed E-state index contributed by atoms with van der Waals surface area (Å²) in [6.45, 7) is 3.89. The maximum Gasteiger partial charge on any atom is 0.182 e. The Balaban J connectivity index is 1.41. The molecule has 0 N–H and O–H groups in total. The average molecular weight is 406 g/mol. The van der Waals surface area contributed by atoms with Gasteiger partial charge in [-0.25, -0.2) is 0 Å². The monoisotopic (exact) mass is 406 g/mol. The van der Waals surface area contributed by atoms with Crippen molar-refractivity contribution in [1.82, 2.24) is 19.6 Å². The van der Waals surface area contributed by atoms with Crippen molar-refractivity contribution in [3.63, 3.8) is 0 Å². The molecule has 1 aliphatic heterocycles. The van der Waals surface area contributed by atoms with E-state index in [1.54, 1.807) is 12.2 Å². The van der Waals surface area contributed by atoms with Crippen molar-refractivity contribution in [2.45, 2.75) is 25.8 Å². The SMILES string of the molecule is [B]N1CC2(CC(n3nc(-c4ccc(OC(/C=C\C#C)=C/C)cc4)c4cnccc43)C2)C1. The topological polar surface area (TPSA) is 43.2 Å². The summed E-state index contributed by atoms with van der Waals surface area (Å²) in [6, 6.07) is 10.4. The second-order valence-corrected chi connectivity index (χ2v) is 8.47. The van der Waals surface area contributed by atoms with Crippen molar-refractivity contribution in [2.75, 3.05) is 13.1 Å². The zero-order valence-electron chi connectivity index (χ0n) is 17.5. The zero-order valence-corrected chi connectivity index (χ0v) is 17.5. The first-order valence-electron chi connectivity index (χ1n) is 10.5. The maximum atomic E-state index is 5.89. The molecule has 1 saturated carbocycles. The number of hydrogen-bond donors (Lipinski definition) is 0. The van der Waals surface area contributed by atoms with E-state index >= 15 is 0 Å². The van der Waals surface area contributed by atoms with E-state index in [9.17, 15) is 0 Å². The van der Waals surface area contributed by atoms with Crippen molar-refractivity contribution in [3.8, 4) is 29.4 Å². The molecule has 31 heavy (non-hydrogen) atoms. The minimum Gasteiger partial charge on any atom is -0.458 e. The molecule has 1 aliphatic carbocycles. The summed E-state index contributed by atoms with van der Waals surface area (Å²) in [6.07, 6.45) is 16.5. The number of pyridine rings is 1. The first-order valence-corrected chi connectivity index (χ1v) is 10.5. The predicted molar refractivity (Wildman–Crippen MR) is 123 cm³/mol. The lowest BCUT2D eigenvalue weighted by Crippen LogP contribution is -2.61. The van der Waals surface area contributed by atoms with Crippen molar-refractivity contribution < 1.29 is 4.74 Å². The highest BCUT2D eigenvalue weighted by Crippen LogP contribution is 2.54. The lowest BCUT2D eigenvalue weighted by atomic mass is 9.60. The highest BCUT2D eigenvalue weighted by molar-refractivity contribution is 6.05. The zero-order chi connectivity index (χ0) is 21.4. The Morgan fingerprint density at radius 2 is 2.03 bits per heavy atom. The van der Waals surface area contributed by atoms with E-state index < -0.39 is 0 Å². The molecule has 5 rings (SSSR count). The Hall–Kier alpha value is -3.30. The maximum absolute atomic E-state index is 5.89. The molecule has 152 valence electrons. The van der Waals surface area contributed by atoms with E-state index in [2.05, 4.69) is 21.7 Å². The van der Waals surface area contributed by atoms with Gasteiger partial charge < -0.3 is 9.55 Å². The van der Waals surface area contributed by atoms with Crippen LogP contribution in [0.1, 0.15) is 25.8 Å². The van der Waals surface area contributed by atoms with Crippen LogP contribution >= 0.6 is 0 Å². The van der Waals surface area contributed by atoms with Crippen LogP contribution in [0.25, 0.3) is 22.2 Å². The molecule has 1 aromatic carbocycles. The van der Waals surface area contributed by atoms with E-state index in [4.69, 9.17) is 24.2 Å². The number of ether oxygens (including phenoxy) is 1. The number of allylic oxidation sites excluding steroid dienone is 3. The molecule has 3 heterocycles. The van der Waals surface area contributed by atoms with Crippen molar-refractivity contribution in [2.24, 2.45) is 5.41 Å². The molecular weight excluding hydrogens is 383 g/mol. The fourth-order valence-corrected chi connectivity index (χ4v) is 4.80. The van der Waals surface area contributed by atoms with Crippen LogP contribution in [0.4, 0.5) is 0 Å². The molecule has 2 fully saturated rings. The summed E-state index contributed by atoms with van der Waals surface area (Å²) in [7, 11) is 5.87. The van der Waals surface area contributed by atoms with E-state index in [0.717, 1.165) is 53.8 Å². The van der Waals surface area contributed by atoms with Crippen LogP contribution in [-0.4, -0.2) is 40.6 Å². The van der Waals surface area contributed by atoms with Gasteiger partial charge in [-0.3, -0.25) is 9.67 Å². The number of fused-ring (bicyclic) bond motifs is 1. The van der Waals surface area contributed by atoms with E-state index in [1.807, 2.05) is 54.5 Å². The van der Waals surface area contributed by atoms with Gasteiger partial charge in [0, 0.05) is 23.3 Å². The van der Waals surface area contributed by atoms with Crippen molar-refractivity contribution in [1.29, 1.82) is 0 Å². The summed E-state index contributed by atoms with van der Waals surface area (Å²) in [5.41, 5.74) is 3.51. The van der Waals surface area contributed by atoms with Crippen LogP contribution in [0.3, 0.4) is 0 Å². The van der Waals surface area contributed by atoms with E-state index in [-0.39, 0.29) is 0 Å². The Kier molecular flexibility index (Phi) is 4.92. The highest BCUT2D eigenvalue weighted by Gasteiger charge is 2.51. The lowest BCUT2D eigenvalue weighted by molar-refractivity contribution is -0.0483. The number of aromatic nitrogens is 3. The summed E-state index contributed by atoms with van der Waals surface area (Å²) in [5.74, 6) is 3.93. The first-order chi connectivity index (χ1) is 15.1. The normalized spacial score (nSPS) is 18.8. The molecule has 2 aliphatic rings. The number of rotatable bonds is 5. The smallest absolute Gasteiger partial charge is 0.182 e. The fourth-order valence-electron chi connectivity index (χ4n) is 4.80. The lowest BCUT2D eigenvalue weighted by Gasteiger charge is -2.58. The second kappa shape index (κ2) is 7.75. The van der Waals surface area contributed by atoms with Crippen LogP contribution < -0.4 is 4.74 Å². The molecule has 0 amide bonds. The minimum absolute atomic E-state index is 0.391. The molecule has 0 unspecified atom stereocenters. The van der Waals surface area contributed by atoms with E-state index in [1.165, 1.54) is 0 Å². The molecule has 6 heteroatoms. The van der Waals surface area contributed by atoms with Crippen molar-refractivity contribution >= 4 is 18.9 Å². The molecule has 0 atom stereocenters. The summed E-state index contributed by atoms with van der Waals surface area (Å²) < 4.78 is 8.08. The molecule has 0 bridgehead atoms. The Bertz CT molecular complexity index is 1200. The van der Waals surface area contributed by atoms with Gasteiger partial charge in [0.05, 0.1) is 11.6 Å². The molecule has 5 nitrogen and oxygen atoms in total. The van der Waals surface area contributed by atoms with Crippen LogP contribution in [0.2, 0.25) is 0 Å². The summed E-state index contributed by atoms with van der Waals surface area (Å²) in [5, 5.41) is 6.09. The van der Waals surface area contributed by atoms with Crippen LogP contribution in [-0.2, 0) is 0 Å². The van der Waals surface area contributed by atoms with Gasteiger partial charge in [0.1, 0.15) is 17.2 Å². The standard InChI is InChI=1S/C25H23BN4O/c1-3-5-6-20(4-2)31-21-9-7-18(8-10-21)24-22-15-27-12-11-23(22)30(28-24)19-13-25(14-19)16-29(26)17-25/h1,4-12,15,19H,13-14,16-17H2,2H3/b6-5-,20-4+. The molecule has 1 saturated heterocycles. The van der Waals surface area contributed by atoms with Gasteiger partial charge in [-0.15, -0.1) is 6.42 Å². The minimum atomic E-state index is 0.391. The van der Waals surface area contributed by atoms with Gasteiger partial charge >= 0.3 is 0 Å². The predicted octanol–water partition coefficient (Wildman–Crippen LogP) is 4.29. The number of benzene rings is 1. The first kappa shape index (κ1) is 19.7.